The Kier molecular flexibility index (Phi) is 3.32. The predicted molar refractivity (Wildman–Crippen MR) is 40.3 cm³/mol. The zero-order chi connectivity index (χ0) is 8.10. The molecule has 0 saturated carbocycles. The number of nitrogens with one attached hydrogen (secondary N) is 1. The fraction of sp³-hybridized carbons (Fsp3) is 0.857. The highest BCUT2D eigenvalue weighted by Gasteiger charge is 2.13. The molecule has 4 nitrogen and oxygen atoms in total. The summed E-state index contributed by atoms with van der Waals surface area (Å²) in [6.45, 7) is 4.26. The maximum atomic E-state index is 10.5. The van der Waals surface area contributed by atoms with Gasteiger partial charge in [0.25, 0.3) is 0 Å². The Bertz CT molecular complexity index is 132. The lowest BCUT2D eigenvalue weighted by atomic mass is 10.3. The van der Waals surface area contributed by atoms with Crippen LogP contribution in [0, 0.1) is 0 Å². The summed E-state index contributed by atoms with van der Waals surface area (Å²) in [5.74, 6) is -0.0147. The molecule has 1 amide bonds. The number of morpholine rings is 1. The van der Waals surface area contributed by atoms with Crippen LogP contribution in [0.25, 0.3) is 0 Å². The van der Waals surface area contributed by atoms with E-state index in [9.17, 15) is 4.79 Å². The fourth-order valence-corrected chi connectivity index (χ4v) is 0.953. The van der Waals surface area contributed by atoms with Gasteiger partial charge in [-0.3, -0.25) is 4.79 Å². The molecule has 11 heavy (non-hydrogen) atoms. The third kappa shape index (κ3) is 3.34. The maximum Gasteiger partial charge on any atom is 0.216 e. The van der Waals surface area contributed by atoms with Crippen molar-refractivity contribution in [1.29, 1.82) is 0 Å². The minimum Gasteiger partial charge on any atom is -0.374 e. The third-order valence-electron chi connectivity index (χ3n) is 1.51. The molecule has 0 spiro atoms. The Morgan fingerprint density at radius 1 is 1.82 bits per heavy atom. The van der Waals surface area contributed by atoms with Crippen molar-refractivity contribution < 1.29 is 9.53 Å². The van der Waals surface area contributed by atoms with Gasteiger partial charge in [0.05, 0.1) is 12.7 Å². The van der Waals surface area contributed by atoms with Gasteiger partial charge in [0.1, 0.15) is 0 Å². The van der Waals surface area contributed by atoms with Gasteiger partial charge in [-0.2, -0.15) is 0 Å². The zero-order valence-corrected chi connectivity index (χ0v) is 6.67. The van der Waals surface area contributed by atoms with E-state index in [1.54, 1.807) is 0 Å². The summed E-state index contributed by atoms with van der Waals surface area (Å²) in [4.78, 5) is 10.5. The molecule has 1 fully saturated rings. The molecule has 1 rings (SSSR count). The van der Waals surface area contributed by atoms with Gasteiger partial charge in [0.15, 0.2) is 0 Å². The molecule has 1 atom stereocenters. The first kappa shape index (κ1) is 8.49. The maximum absolute atomic E-state index is 10.5. The van der Waals surface area contributed by atoms with E-state index in [1.807, 2.05) is 0 Å². The second kappa shape index (κ2) is 4.31. The molecule has 0 aromatic carbocycles. The highest BCUT2D eigenvalue weighted by Crippen LogP contribution is 1.94. The standard InChI is InChI=1S/C7H13N2O2/c1-6(10)9-5-7-4-8-2-3-11-7/h7H,2-5H2,1H3,(H,9,10). The van der Waals surface area contributed by atoms with E-state index < -0.39 is 0 Å². The third-order valence-corrected chi connectivity index (χ3v) is 1.51. The largest absolute Gasteiger partial charge is 0.374 e. The van der Waals surface area contributed by atoms with Gasteiger partial charge < -0.3 is 10.1 Å². The Hall–Kier alpha value is -0.610. The van der Waals surface area contributed by atoms with E-state index in [0.29, 0.717) is 19.7 Å². The zero-order valence-electron chi connectivity index (χ0n) is 6.67. The van der Waals surface area contributed by atoms with Gasteiger partial charge >= 0.3 is 0 Å². The molecule has 63 valence electrons. The molecular weight excluding hydrogens is 144 g/mol. The van der Waals surface area contributed by atoms with Crippen LogP contribution in [0.15, 0.2) is 0 Å². The van der Waals surface area contributed by atoms with Crippen LogP contribution < -0.4 is 10.6 Å². The van der Waals surface area contributed by atoms with Crippen LogP contribution in [0.3, 0.4) is 0 Å². The van der Waals surface area contributed by atoms with Crippen LogP contribution >= 0.6 is 0 Å². The summed E-state index contributed by atoms with van der Waals surface area (Å²) in [7, 11) is 0. The van der Waals surface area contributed by atoms with Crippen molar-refractivity contribution in [3.05, 3.63) is 0 Å². The van der Waals surface area contributed by atoms with E-state index in [0.717, 1.165) is 6.54 Å². The van der Waals surface area contributed by atoms with Crippen LogP contribution in [0.4, 0.5) is 0 Å². The van der Waals surface area contributed by atoms with Crippen LogP contribution in [0.2, 0.25) is 0 Å². The van der Waals surface area contributed by atoms with Gasteiger partial charge in [-0.15, -0.1) is 0 Å². The Labute approximate surface area is 66.3 Å². The number of hydrogen-bond donors (Lipinski definition) is 1. The van der Waals surface area contributed by atoms with Crippen molar-refractivity contribution >= 4 is 5.91 Å². The van der Waals surface area contributed by atoms with Gasteiger partial charge in [-0.05, 0) is 0 Å². The normalized spacial score (nSPS) is 24.6. The lowest BCUT2D eigenvalue weighted by Gasteiger charge is -2.22. The van der Waals surface area contributed by atoms with Crippen molar-refractivity contribution in [2.24, 2.45) is 0 Å². The van der Waals surface area contributed by atoms with E-state index >= 15 is 0 Å². The van der Waals surface area contributed by atoms with E-state index in [1.165, 1.54) is 6.92 Å². The van der Waals surface area contributed by atoms with Crippen LogP contribution in [-0.4, -0.2) is 38.3 Å². The molecule has 4 heteroatoms. The number of hydrogen-bond acceptors (Lipinski definition) is 2. The number of rotatable bonds is 2. The van der Waals surface area contributed by atoms with Crippen LogP contribution in [-0.2, 0) is 9.53 Å². The van der Waals surface area contributed by atoms with Gasteiger partial charge in [-0.25, -0.2) is 5.32 Å². The van der Waals surface area contributed by atoms with Crippen molar-refractivity contribution in [1.82, 2.24) is 10.6 Å². The van der Waals surface area contributed by atoms with Crippen molar-refractivity contribution in [2.45, 2.75) is 13.0 Å². The number of ether oxygens (including phenoxy) is 1. The topological polar surface area (TPSA) is 52.4 Å². The second-order valence-electron chi connectivity index (χ2n) is 2.56. The van der Waals surface area contributed by atoms with Crippen LogP contribution in [0.1, 0.15) is 6.92 Å². The quantitative estimate of drug-likeness (QED) is 0.566. The summed E-state index contributed by atoms with van der Waals surface area (Å²) >= 11 is 0. The average Bonchev–Trinajstić information content (AvgIpc) is 2.03. The first-order chi connectivity index (χ1) is 5.29. The highest BCUT2D eigenvalue weighted by molar-refractivity contribution is 5.72. The summed E-state index contributed by atoms with van der Waals surface area (Å²) in [6.07, 6.45) is 0.0904. The van der Waals surface area contributed by atoms with Gasteiger partial charge in [0, 0.05) is 26.6 Å². The predicted octanol–water partition coefficient (Wildman–Crippen LogP) is -0.874. The van der Waals surface area contributed by atoms with Crippen LogP contribution in [0.5, 0.6) is 0 Å². The number of nitrogens with zero attached hydrogens (tertiary/aromatic N) is 1. The number of carbonyl (C=O) groups excluding carboxylic acids is 1. The lowest BCUT2D eigenvalue weighted by Crippen LogP contribution is -2.41. The Morgan fingerprint density at radius 3 is 3.18 bits per heavy atom. The fourth-order valence-electron chi connectivity index (χ4n) is 0.953. The number of amides is 1. The SMILES string of the molecule is CC(=O)NCC1C[N]CCO1. The summed E-state index contributed by atoms with van der Waals surface area (Å²) in [5, 5.41) is 6.85. The average molecular weight is 157 g/mol. The van der Waals surface area contributed by atoms with Crippen molar-refractivity contribution in [3.63, 3.8) is 0 Å². The van der Waals surface area contributed by atoms with Gasteiger partial charge in [0.2, 0.25) is 5.91 Å². The van der Waals surface area contributed by atoms with E-state index in [2.05, 4.69) is 10.6 Å². The molecule has 1 N–H and O–H groups in total. The monoisotopic (exact) mass is 157 g/mol. The Balaban J connectivity index is 2.09. The molecular formula is C7H13N2O2. The molecule has 1 saturated heterocycles. The molecule has 1 heterocycles. The lowest BCUT2D eigenvalue weighted by molar-refractivity contribution is -0.119. The molecule has 1 unspecified atom stereocenters. The Morgan fingerprint density at radius 2 is 2.64 bits per heavy atom. The summed E-state index contributed by atoms with van der Waals surface area (Å²) in [6, 6.07) is 0. The molecule has 1 aliphatic rings. The highest BCUT2D eigenvalue weighted by atomic mass is 16.5. The van der Waals surface area contributed by atoms with E-state index in [-0.39, 0.29) is 12.0 Å². The van der Waals surface area contributed by atoms with Crippen molar-refractivity contribution in [3.8, 4) is 0 Å². The first-order valence-electron chi connectivity index (χ1n) is 3.78. The minimum absolute atomic E-state index is 0.0147. The number of carbonyl (C=O) groups is 1. The molecule has 1 aliphatic heterocycles. The molecule has 0 aromatic heterocycles. The molecule has 0 bridgehead atoms. The molecule has 1 radical (unpaired) electrons. The molecule has 0 aliphatic carbocycles. The van der Waals surface area contributed by atoms with Gasteiger partial charge in [-0.1, -0.05) is 0 Å². The summed E-state index contributed by atoms with van der Waals surface area (Å²) < 4.78 is 5.32. The minimum atomic E-state index is -0.0147. The van der Waals surface area contributed by atoms with E-state index in [4.69, 9.17) is 4.74 Å². The second-order valence-corrected chi connectivity index (χ2v) is 2.56. The van der Waals surface area contributed by atoms with Crippen molar-refractivity contribution in [2.75, 3.05) is 26.2 Å². The summed E-state index contributed by atoms with van der Waals surface area (Å²) in [5.41, 5.74) is 0. The molecule has 0 aromatic rings. The first-order valence-corrected chi connectivity index (χ1v) is 3.78. The smallest absolute Gasteiger partial charge is 0.216 e.